The molecule has 0 atom stereocenters. The summed E-state index contributed by atoms with van der Waals surface area (Å²) in [6.07, 6.45) is 4.66. The number of hydrogen-bond acceptors (Lipinski definition) is 11. The van der Waals surface area contributed by atoms with Gasteiger partial charge in [0.25, 0.3) is 0 Å². The van der Waals surface area contributed by atoms with Crippen LogP contribution in [-0.2, 0) is 10.1 Å². The molecule has 0 aliphatic rings. The van der Waals surface area contributed by atoms with Crippen LogP contribution >= 0.6 is 25.3 Å². The van der Waals surface area contributed by atoms with Gasteiger partial charge in [-0.15, -0.1) is 25.3 Å². The number of para-hydroxylation sites is 2. The lowest BCUT2D eigenvalue weighted by Gasteiger charge is -2.37. The molecule has 11 nitrogen and oxygen atoms in total. The maximum atomic E-state index is 12.1. The second kappa shape index (κ2) is 25.6. The van der Waals surface area contributed by atoms with Crippen molar-refractivity contribution in [2.45, 2.75) is 41.9 Å². The maximum Gasteiger partial charge on any atom is 0.414 e. The van der Waals surface area contributed by atoms with Gasteiger partial charge in [-0.25, -0.2) is 9.59 Å². The van der Waals surface area contributed by atoms with Gasteiger partial charge in [0, 0.05) is 55.5 Å². The molecule has 0 N–H and O–H groups in total. The van der Waals surface area contributed by atoms with Crippen LogP contribution in [0.1, 0.15) is 64.4 Å². The van der Waals surface area contributed by atoms with Crippen LogP contribution in [-0.4, -0.2) is 39.1 Å². The molecule has 0 unspecified atom stereocenters. The van der Waals surface area contributed by atoms with Crippen LogP contribution in [0.15, 0.2) is 198 Å². The van der Waals surface area contributed by atoms with Gasteiger partial charge in [-0.1, -0.05) is 115 Å². The highest BCUT2D eigenvalue weighted by Crippen LogP contribution is 2.43. The first kappa shape index (κ1) is 48.6. The Morgan fingerprint density at radius 3 is 1.25 bits per heavy atom. The summed E-state index contributed by atoms with van der Waals surface area (Å²) in [5.74, 6) is -0.142. The molecule has 2 aromatic heterocycles. The van der Waals surface area contributed by atoms with Gasteiger partial charge in [-0.05, 0) is 79.8 Å². The van der Waals surface area contributed by atoms with Crippen LogP contribution in [0.25, 0.3) is 0 Å². The van der Waals surface area contributed by atoms with Crippen molar-refractivity contribution in [2.24, 2.45) is 0 Å². The molecule has 0 fully saturated rings. The minimum Gasteiger partial charge on any atom is -0.871 e. The molecule has 0 radical (unpaired) electrons. The Morgan fingerprint density at radius 1 is 0.531 bits per heavy atom. The van der Waals surface area contributed by atoms with Crippen LogP contribution in [0, 0.1) is 0 Å². The molecule has 0 saturated heterocycles. The van der Waals surface area contributed by atoms with Gasteiger partial charge in [0.2, 0.25) is 12.4 Å². The fraction of sp³-hybridized carbons (Fsp3) is 0.160. The molecular formula is C50H49BN2O9S2. The van der Waals surface area contributed by atoms with Gasteiger partial charge >= 0.3 is 23.3 Å². The van der Waals surface area contributed by atoms with Crippen molar-refractivity contribution in [1.29, 1.82) is 0 Å². The van der Waals surface area contributed by atoms with E-state index in [1.54, 1.807) is 85.2 Å². The Hall–Kier alpha value is -6.42. The highest BCUT2D eigenvalue weighted by Gasteiger charge is 2.35. The lowest BCUT2D eigenvalue weighted by atomic mass is 9.67. The second-order valence-corrected chi connectivity index (χ2v) is 14.6. The van der Waals surface area contributed by atoms with E-state index in [2.05, 4.69) is 61.7 Å². The zero-order valence-electron chi connectivity index (χ0n) is 35.5. The van der Waals surface area contributed by atoms with E-state index in [1.807, 2.05) is 80.6 Å². The number of rotatable bonds is 16. The molecule has 328 valence electrons. The SMILES string of the molecule is CCO[n+]1ccccc1C(=O)Oc1ccccc1S.CCO[n+]1ccccc1C(=O)Oc1ccccc1S.[O-]B([O-])OCCCC(c1ccccc1)(c1ccccc1)c1ccccc1. The Labute approximate surface area is 385 Å². The molecule has 7 aromatic rings. The Morgan fingerprint density at radius 2 is 0.891 bits per heavy atom. The summed E-state index contributed by atoms with van der Waals surface area (Å²) >= 11 is 8.47. The van der Waals surface area contributed by atoms with Gasteiger partial charge in [0.15, 0.2) is 13.2 Å². The lowest BCUT2D eigenvalue weighted by Crippen LogP contribution is -2.48. The van der Waals surface area contributed by atoms with Gasteiger partial charge in [0.05, 0.1) is 7.32 Å². The van der Waals surface area contributed by atoms with Crippen molar-refractivity contribution < 1.29 is 52.9 Å². The number of thiol groups is 2. The number of hydrogen-bond donors (Lipinski definition) is 2. The molecule has 2 heterocycles. The predicted octanol–water partition coefficient (Wildman–Crippen LogP) is 6.38. The van der Waals surface area contributed by atoms with Crippen molar-refractivity contribution in [2.75, 3.05) is 19.8 Å². The zero-order chi connectivity index (χ0) is 45.6. The average Bonchev–Trinajstić information content (AvgIpc) is 3.32. The first-order chi connectivity index (χ1) is 31.2. The number of aromatic nitrogens is 2. The summed E-state index contributed by atoms with van der Waals surface area (Å²) < 4.78 is 18.1. The first-order valence-electron chi connectivity index (χ1n) is 20.6. The number of benzene rings is 5. The minimum absolute atomic E-state index is 0.159. The third kappa shape index (κ3) is 13.8. The van der Waals surface area contributed by atoms with Gasteiger partial charge in [-0.3, -0.25) is 9.68 Å². The normalized spacial score (nSPS) is 10.5. The highest BCUT2D eigenvalue weighted by molar-refractivity contribution is 7.80. The average molecular weight is 897 g/mol. The first-order valence-corrected chi connectivity index (χ1v) is 21.5. The van der Waals surface area contributed by atoms with Crippen molar-refractivity contribution in [1.82, 2.24) is 0 Å². The number of carbonyl (C=O) groups excluding carboxylic acids is 2. The van der Waals surface area contributed by atoms with E-state index in [9.17, 15) is 19.6 Å². The third-order valence-electron chi connectivity index (χ3n) is 9.49. The monoisotopic (exact) mass is 896 g/mol. The molecule has 0 aliphatic heterocycles. The topological polar surface area (TPSA) is 134 Å². The van der Waals surface area contributed by atoms with E-state index in [0.29, 0.717) is 52.3 Å². The minimum atomic E-state index is -2.23. The van der Waals surface area contributed by atoms with Crippen molar-refractivity contribution >= 4 is 44.5 Å². The van der Waals surface area contributed by atoms with E-state index in [0.717, 1.165) is 6.42 Å². The quantitative estimate of drug-likeness (QED) is 0.0216. The van der Waals surface area contributed by atoms with Crippen LogP contribution < -0.4 is 38.7 Å². The Kier molecular flexibility index (Phi) is 19.5. The molecule has 5 aromatic carbocycles. The standard InChI is InChI=1S/C22H21BO3.2C14H13NO3S/c24-23(25)26-18-10-17-22(19-11-4-1-5-12-19,20-13-6-2-7-14-20)21-15-8-3-9-16-21;2*1-2-17-15-10-6-5-7-11(15)14(16)18-12-8-3-4-9-13(12)19/h1-9,11-16H,10,17-18H2;2*3-10H,2H2,1H3/q-2;;/p+2. The van der Waals surface area contributed by atoms with Crippen molar-refractivity contribution in [3.63, 3.8) is 0 Å². The number of ether oxygens (including phenoxy) is 2. The van der Waals surface area contributed by atoms with Crippen molar-refractivity contribution in [3.05, 3.63) is 216 Å². The smallest absolute Gasteiger partial charge is 0.414 e. The number of carbonyl (C=O) groups is 2. The van der Waals surface area contributed by atoms with Gasteiger partial charge in [0.1, 0.15) is 11.5 Å². The summed E-state index contributed by atoms with van der Waals surface area (Å²) in [5, 5.41) is 21.4. The fourth-order valence-corrected chi connectivity index (χ4v) is 7.10. The molecule has 7 rings (SSSR count). The number of esters is 2. The van der Waals surface area contributed by atoms with E-state index >= 15 is 0 Å². The molecule has 14 heteroatoms. The molecule has 0 saturated carbocycles. The van der Waals surface area contributed by atoms with Crippen LogP contribution in [0.2, 0.25) is 0 Å². The van der Waals surface area contributed by atoms with Crippen LogP contribution in [0.4, 0.5) is 0 Å². The molecule has 0 amide bonds. The van der Waals surface area contributed by atoms with Crippen molar-refractivity contribution in [3.8, 4) is 11.5 Å². The molecule has 0 bridgehead atoms. The third-order valence-corrected chi connectivity index (χ3v) is 10.2. The van der Waals surface area contributed by atoms with E-state index < -0.39 is 19.3 Å². The Balaban J connectivity index is 0.000000184. The Bertz CT molecular complexity index is 2300. The van der Waals surface area contributed by atoms with Crippen LogP contribution in [0.5, 0.6) is 11.5 Å². The summed E-state index contributed by atoms with van der Waals surface area (Å²) in [5.41, 5.74) is 3.81. The zero-order valence-corrected chi connectivity index (χ0v) is 37.3. The summed E-state index contributed by atoms with van der Waals surface area (Å²) in [6.45, 7) is 4.76. The fourth-order valence-electron chi connectivity index (χ4n) is 6.69. The van der Waals surface area contributed by atoms with Gasteiger partial charge < -0.3 is 24.2 Å². The summed E-state index contributed by atoms with van der Waals surface area (Å²) in [7, 11) is -2.23. The molecule has 64 heavy (non-hydrogen) atoms. The predicted molar refractivity (Wildman–Crippen MR) is 245 cm³/mol. The highest BCUT2D eigenvalue weighted by atomic mass is 32.1. The van der Waals surface area contributed by atoms with Crippen LogP contribution in [0.3, 0.4) is 0 Å². The van der Waals surface area contributed by atoms with E-state index in [-0.39, 0.29) is 12.0 Å². The lowest BCUT2D eigenvalue weighted by molar-refractivity contribution is -0.892. The molecule has 0 spiro atoms. The summed E-state index contributed by atoms with van der Waals surface area (Å²) in [6, 6.07) is 55.5. The molecular weight excluding hydrogens is 848 g/mol. The van der Waals surface area contributed by atoms with Gasteiger partial charge in [-0.2, -0.15) is 0 Å². The summed E-state index contributed by atoms with van der Waals surface area (Å²) in [4.78, 5) is 36.1. The van der Waals surface area contributed by atoms with E-state index in [1.165, 1.54) is 26.2 Å². The number of pyridine rings is 2. The van der Waals surface area contributed by atoms with E-state index in [4.69, 9.17) is 23.8 Å². The second-order valence-electron chi connectivity index (χ2n) is 13.6. The molecule has 0 aliphatic carbocycles. The maximum absolute atomic E-state index is 12.1. The largest absolute Gasteiger partial charge is 0.871 e. The number of nitrogens with zero attached hydrogens (tertiary/aromatic N) is 2.